The van der Waals surface area contributed by atoms with Crippen molar-refractivity contribution in [2.45, 2.75) is 19.4 Å². The number of ether oxygens (including phenoxy) is 1. The molecule has 4 heteroatoms. The Kier molecular flexibility index (Phi) is 5.19. The maximum atomic E-state index is 10.7. The van der Waals surface area contributed by atoms with Crippen molar-refractivity contribution in [3.63, 3.8) is 0 Å². The van der Waals surface area contributed by atoms with Crippen LogP contribution in [0.2, 0.25) is 0 Å². The van der Waals surface area contributed by atoms with Crippen molar-refractivity contribution in [2.24, 2.45) is 0 Å². The SMILES string of the molecule is CC(C)(Oc1ccccc1)C(=O)O.[Na]. The fourth-order valence-electron chi connectivity index (χ4n) is 0.827. The van der Waals surface area contributed by atoms with Crippen LogP contribution in [0.25, 0.3) is 0 Å². The Hall–Kier alpha value is -0.510. The largest absolute Gasteiger partial charge is 0.478 e. The summed E-state index contributed by atoms with van der Waals surface area (Å²) in [5, 5.41) is 8.78. The van der Waals surface area contributed by atoms with Crippen LogP contribution in [0.1, 0.15) is 13.8 Å². The van der Waals surface area contributed by atoms with Crippen molar-refractivity contribution in [1.29, 1.82) is 0 Å². The Balaban J connectivity index is 0.00000169. The predicted molar refractivity (Wildman–Crippen MR) is 54.5 cm³/mol. The molecule has 0 heterocycles. The number of rotatable bonds is 3. The van der Waals surface area contributed by atoms with Crippen LogP contribution in [0.15, 0.2) is 30.3 Å². The van der Waals surface area contributed by atoms with Gasteiger partial charge in [0, 0.05) is 29.6 Å². The van der Waals surface area contributed by atoms with Gasteiger partial charge < -0.3 is 9.84 Å². The van der Waals surface area contributed by atoms with Gasteiger partial charge in [0.15, 0.2) is 5.60 Å². The minimum absolute atomic E-state index is 0. The van der Waals surface area contributed by atoms with E-state index in [4.69, 9.17) is 9.84 Å². The molecule has 0 unspecified atom stereocenters. The molecule has 0 aliphatic carbocycles. The molecule has 3 nitrogen and oxygen atoms in total. The number of carbonyl (C=O) groups is 1. The summed E-state index contributed by atoms with van der Waals surface area (Å²) in [6.07, 6.45) is 0. The quantitative estimate of drug-likeness (QED) is 0.758. The van der Waals surface area contributed by atoms with E-state index in [2.05, 4.69) is 0 Å². The Morgan fingerprint density at radius 3 is 2.21 bits per heavy atom. The second-order valence-corrected chi connectivity index (χ2v) is 3.23. The van der Waals surface area contributed by atoms with E-state index in [-0.39, 0.29) is 29.6 Å². The summed E-state index contributed by atoms with van der Waals surface area (Å²) in [6.45, 7) is 3.03. The second-order valence-electron chi connectivity index (χ2n) is 3.23. The van der Waals surface area contributed by atoms with Crippen LogP contribution in [0.3, 0.4) is 0 Å². The fourth-order valence-corrected chi connectivity index (χ4v) is 0.827. The van der Waals surface area contributed by atoms with Crippen LogP contribution in [-0.4, -0.2) is 46.2 Å². The van der Waals surface area contributed by atoms with Crippen molar-refractivity contribution in [3.05, 3.63) is 30.3 Å². The molecule has 0 aliphatic rings. The molecule has 0 aromatic heterocycles. The molecule has 71 valence electrons. The van der Waals surface area contributed by atoms with Crippen molar-refractivity contribution in [3.8, 4) is 5.75 Å². The first-order valence-electron chi connectivity index (χ1n) is 4.00. The van der Waals surface area contributed by atoms with Gasteiger partial charge in [-0.1, -0.05) is 18.2 Å². The van der Waals surface area contributed by atoms with Crippen LogP contribution < -0.4 is 4.74 Å². The summed E-state index contributed by atoms with van der Waals surface area (Å²) in [5.74, 6) is -0.411. The summed E-state index contributed by atoms with van der Waals surface area (Å²) in [7, 11) is 0. The molecule has 0 bridgehead atoms. The molecule has 1 aromatic carbocycles. The molecular formula is C10H12NaO3. The van der Waals surface area contributed by atoms with Gasteiger partial charge in [-0.3, -0.25) is 0 Å². The van der Waals surface area contributed by atoms with Gasteiger partial charge >= 0.3 is 5.97 Å². The zero-order chi connectivity index (χ0) is 9.90. The standard InChI is InChI=1S/C10H12O3.Na/c1-10(2,9(11)12)13-8-6-4-3-5-7-8;/h3-7H,1-2H3,(H,11,12);. The predicted octanol–water partition coefficient (Wildman–Crippen LogP) is 1.55. The van der Waals surface area contributed by atoms with E-state index in [9.17, 15) is 4.79 Å². The van der Waals surface area contributed by atoms with Crippen LogP contribution in [0.4, 0.5) is 0 Å². The van der Waals surface area contributed by atoms with Crippen molar-refractivity contribution >= 4 is 35.5 Å². The Morgan fingerprint density at radius 1 is 1.29 bits per heavy atom. The molecule has 0 aliphatic heterocycles. The van der Waals surface area contributed by atoms with Gasteiger partial charge in [-0.2, -0.15) is 0 Å². The average molecular weight is 203 g/mol. The molecule has 0 fully saturated rings. The van der Waals surface area contributed by atoms with E-state index < -0.39 is 11.6 Å². The molecule has 1 radical (unpaired) electrons. The molecule has 0 spiro atoms. The van der Waals surface area contributed by atoms with E-state index in [0.717, 1.165) is 0 Å². The molecule has 0 amide bonds. The van der Waals surface area contributed by atoms with Crippen molar-refractivity contribution < 1.29 is 14.6 Å². The molecule has 1 N–H and O–H groups in total. The van der Waals surface area contributed by atoms with Crippen molar-refractivity contribution in [1.82, 2.24) is 0 Å². The van der Waals surface area contributed by atoms with E-state index in [1.54, 1.807) is 24.3 Å². The summed E-state index contributed by atoms with van der Waals surface area (Å²) < 4.78 is 5.26. The van der Waals surface area contributed by atoms with Crippen LogP contribution in [-0.2, 0) is 4.79 Å². The first kappa shape index (κ1) is 13.5. The van der Waals surface area contributed by atoms with Crippen LogP contribution >= 0.6 is 0 Å². The summed E-state index contributed by atoms with van der Waals surface area (Å²) >= 11 is 0. The second kappa shape index (κ2) is 5.39. The number of benzene rings is 1. The van der Waals surface area contributed by atoms with E-state index in [1.165, 1.54) is 13.8 Å². The third-order valence-electron chi connectivity index (χ3n) is 1.63. The summed E-state index contributed by atoms with van der Waals surface area (Å²) in [4.78, 5) is 10.7. The maximum absolute atomic E-state index is 10.7. The number of hydrogen-bond donors (Lipinski definition) is 1. The maximum Gasteiger partial charge on any atom is 0.347 e. The fraction of sp³-hybridized carbons (Fsp3) is 0.300. The van der Waals surface area contributed by atoms with Gasteiger partial charge in [0.2, 0.25) is 0 Å². The van der Waals surface area contributed by atoms with Gasteiger partial charge in [-0.05, 0) is 26.0 Å². The molecule has 0 saturated carbocycles. The minimum Gasteiger partial charge on any atom is -0.478 e. The molecule has 0 saturated heterocycles. The van der Waals surface area contributed by atoms with Gasteiger partial charge in [0.1, 0.15) is 5.75 Å². The van der Waals surface area contributed by atoms with Crippen molar-refractivity contribution in [2.75, 3.05) is 0 Å². The third-order valence-corrected chi connectivity index (χ3v) is 1.63. The Labute approximate surface area is 105 Å². The number of aliphatic carboxylic acids is 1. The Bertz CT molecular complexity index is 295. The smallest absolute Gasteiger partial charge is 0.347 e. The Morgan fingerprint density at radius 2 is 1.79 bits per heavy atom. The molecule has 1 aromatic rings. The number of carboxylic acids is 1. The third kappa shape index (κ3) is 3.70. The summed E-state index contributed by atoms with van der Waals surface area (Å²) in [5.41, 5.74) is -1.18. The molecular weight excluding hydrogens is 191 g/mol. The van der Waals surface area contributed by atoms with Gasteiger partial charge in [-0.15, -0.1) is 0 Å². The normalized spacial score (nSPS) is 10.1. The monoisotopic (exact) mass is 203 g/mol. The zero-order valence-corrected chi connectivity index (χ0v) is 10.7. The van der Waals surface area contributed by atoms with E-state index >= 15 is 0 Å². The van der Waals surface area contributed by atoms with E-state index in [1.807, 2.05) is 6.07 Å². The summed E-state index contributed by atoms with van der Waals surface area (Å²) in [6, 6.07) is 8.90. The van der Waals surface area contributed by atoms with Gasteiger partial charge in [0.05, 0.1) is 0 Å². The number of carboxylic acid groups (broad SMARTS) is 1. The zero-order valence-electron chi connectivity index (χ0n) is 8.65. The average Bonchev–Trinajstić information content (AvgIpc) is 2.05. The first-order valence-corrected chi connectivity index (χ1v) is 4.00. The minimum atomic E-state index is -1.18. The van der Waals surface area contributed by atoms with Gasteiger partial charge in [-0.25, -0.2) is 4.79 Å². The number of para-hydroxylation sites is 1. The topological polar surface area (TPSA) is 46.5 Å². The number of hydrogen-bond acceptors (Lipinski definition) is 2. The first-order chi connectivity index (χ1) is 6.02. The molecule has 1 rings (SSSR count). The molecule has 0 atom stereocenters. The van der Waals surface area contributed by atoms with E-state index in [0.29, 0.717) is 5.75 Å². The molecule has 14 heavy (non-hydrogen) atoms. The van der Waals surface area contributed by atoms with Crippen LogP contribution in [0, 0.1) is 0 Å². The van der Waals surface area contributed by atoms with Gasteiger partial charge in [0.25, 0.3) is 0 Å². The van der Waals surface area contributed by atoms with Crippen LogP contribution in [0.5, 0.6) is 5.75 Å².